The summed E-state index contributed by atoms with van der Waals surface area (Å²) in [6, 6.07) is 10.5. The van der Waals surface area contributed by atoms with Crippen molar-refractivity contribution in [2.45, 2.75) is 44.8 Å². The van der Waals surface area contributed by atoms with Crippen LogP contribution < -0.4 is 10.6 Å². The van der Waals surface area contributed by atoms with E-state index < -0.39 is 0 Å². The largest absolute Gasteiger partial charge is 0.373 e. The SMILES string of the molecule is C[C@@H](NC(=O)NC[C@H]1CCO[C@@H]1c1ccccc1)C1CCC1. The summed E-state index contributed by atoms with van der Waals surface area (Å²) in [5.41, 5.74) is 1.20. The number of benzene rings is 1. The summed E-state index contributed by atoms with van der Waals surface area (Å²) < 4.78 is 5.86. The minimum Gasteiger partial charge on any atom is -0.373 e. The molecular formula is C18H26N2O2. The van der Waals surface area contributed by atoms with Crippen LogP contribution in [0.1, 0.15) is 44.3 Å². The molecule has 2 amide bonds. The number of urea groups is 1. The third-order valence-electron chi connectivity index (χ3n) is 5.08. The Morgan fingerprint density at radius 2 is 2.05 bits per heavy atom. The standard InChI is InChI=1S/C18H26N2O2/c1-13(14-8-5-9-14)20-18(21)19-12-16-10-11-22-17(16)15-6-3-2-4-7-15/h2-4,6-7,13-14,16-17H,5,8-12H2,1H3,(H2,19,20,21)/t13-,16-,17-/m1/s1. The Morgan fingerprint density at radius 1 is 1.27 bits per heavy atom. The van der Waals surface area contributed by atoms with Crippen LogP contribution >= 0.6 is 0 Å². The first-order valence-electron chi connectivity index (χ1n) is 8.45. The van der Waals surface area contributed by atoms with Crippen molar-refractivity contribution < 1.29 is 9.53 Å². The fraction of sp³-hybridized carbons (Fsp3) is 0.611. The molecule has 0 spiro atoms. The molecule has 0 radical (unpaired) electrons. The molecule has 1 heterocycles. The molecule has 2 fully saturated rings. The Balaban J connectivity index is 1.47. The average Bonchev–Trinajstić information content (AvgIpc) is 2.92. The number of hydrogen-bond acceptors (Lipinski definition) is 2. The third-order valence-corrected chi connectivity index (χ3v) is 5.08. The molecule has 120 valence electrons. The molecule has 4 nitrogen and oxygen atoms in total. The van der Waals surface area contributed by atoms with Crippen LogP contribution in [-0.2, 0) is 4.74 Å². The van der Waals surface area contributed by atoms with E-state index in [9.17, 15) is 4.79 Å². The number of carbonyl (C=O) groups is 1. The van der Waals surface area contributed by atoms with Gasteiger partial charge in [0, 0.05) is 25.1 Å². The van der Waals surface area contributed by atoms with E-state index in [1.165, 1.54) is 24.8 Å². The molecule has 0 aromatic heterocycles. The summed E-state index contributed by atoms with van der Waals surface area (Å²) in [7, 11) is 0. The van der Waals surface area contributed by atoms with Crippen LogP contribution in [0, 0.1) is 11.8 Å². The van der Waals surface area contributed by atoms with Crippen LogP contribution in [0.15, 0.2) is 30.3 Å². The molecule has 3 rings (SSSR count). The van der Waals surface area contributed by atoms with Crippen molar-refractivity contribution in [1.82, 2.24) is 10.6 Å². The Bertz CT molecular complexity index is 487. The second kappa shape index (κ2) is 7.14. The van der Waals surface area contributed by atoms with Crippen molar-refractivity contribution in [2.75, 3.05) is 13.2 Å². The van der Waals surface area contributed by atoms with Crippen molar-refractivity contribution in [3.8, 4) is 0 Å². The zero-order chi connectivity index (χ0) is 15.4. The summed E-state index contributed by atoms with van der Waals surface area (Å²) in [6.07, 6.45) is 4.89. The lowest BCUT2D eigenvalue weighted by atomic mass is 9.80. The lowest BCUT2D eigenvalue weighted by molar-refractivity contribution is 0.0909. The minimum absolute atomic E-state index is 0.0434. The maximum atomic E-state index is 12.0. The smallest absolute Gasteiger partial charge is 0.315 e. The van der Waals surface area contributed by atoms with E-state index in [-0.39, 0.29) is 18.2 Å². The first kappa shape index (κ1) is 15.3. The van der Waals surface area contributed by atoms with E-state index in [1.54, 1.807) is 0 Å². The van der Waals surface area contributed by atoms with Crippen LogP contribution in [0.3, 0.4) is 0 Å². The van der Waals surface area contributed by atoms with Crippen LogP contribution in [0.2, 0.25) is 0 Å². The summed E-state index contributed by atoms with van der Waals surface area (Å²) in [4.78, 5) is 12.0. The number of amides is 2. The van der Waals surface area contributed by atoms with Crippen molar-refractivity contribution in [3.63, 3.8) is 0 Å². The average molecular weight is 302 g/mol. The highest BCUT2D eigenvalue weighted by Crippen LogP contribution is 2.34. The maximum absolute atomic E-state index is 12.0. The van der Waals surface area contributed by atoms with Gasteiger partial charge in [0.05, 0.1) is 6.10 Å². The number of carbonyl (C=O) groups excluding carboxylic acids is 1. The van der Waals surface area contributed by atoms with Gasteiger partial charge in [0.15, 0.2) is 0 Å². The van der Waals surface area contributed by atoms with Gasteiger partial charge in [0.1, 0.15) is 0 Å². The predicted molar refractivity (Wildman–Crippen MR) is 86.6 cm³/mol. The first-order chi connectivity index (χ1) is 10.7. The molecule has 2 aliphatic rings. The minimum atomic E-state index is -0.0434. The second-order valence-electron chi connectivity index (χ2n) is 6.58. The highest BCUT2D eigenvalue weighted by Gasteiger charge is 2.30. The van der Waals surface area contributed by atoms with Crippen LogP contribution in [0.25, 0.3) is 0 Å². The van der Waals surface area contributed by atoms with E-state index in [1.807, 2.05) is 18.2 Å². The molecule has 1 saturated heterocycles. The van der Waals surface area contributed by atoms with Gasteiger partial charge in [0.2, 0.25) is 0 Å². The van der Waals surface area contributed by atoms with Gasteiger partial charge >= 0.3 is 6.03 Å². The maximum Gasteiger partial charge on any atom is 0.315 e. The third kappa shape index (κ3) is 3.61. The number of nitrogens with one attached hydrogen (secondary N) is 2. The molecule has 1 aromatic rings. The van der Waals surface area contributed by atoms with Gasteiger partial charge in [-0.2, -0.15) is 0 Å². The molecular weight excluding hydrogens is 276 g/mol. The number of rotatable bonds is 5. The highest BCUT2D eigenvalue weighted by molar-refractivity contribution is 5.74. The highest BCUT2D eigenvalue weighted by atomic mass is 16.5. The zero-order valence-corrected chi connectivity index (χ0v) is 13.3. The quantitative estimate of drug-likeness (QED) is 0.877. The number of ether oxygens (including phenoxy) is 1. The molecule has 22 heavy (non-hydrogen) atoms. The van der Waals surface area contributed by atoms with Crippen LogP contribution in [0.5, 0.6) is 0 Å². The molecule has 3 atom stereocenters. The van der Waals surface area contributed by atoms with Gasteiger partial charge in [-0.15, -0.1) is 0 Å². The van der Waals surface area contributed by atoms with Crippen molar-refractivity contribution in [3.05, 3.63) is 35.9 Å². The normalized spacial score (nSPS) is 26.2. The van der Waals surface area contributed by atoms with Crippen LogP contribution in [-0.4, -0.2) is 25.2 Å². The topological polar surface area (TPSA) is 50.4 Å². The van der Waals surface area contributed by atoms with Gasteiger partial charge in [-0.25, -0.2) is 4.79 Å². The van der Waals surface area contributed by atoms with E-state index >= 15 is 0 Å². The summed E-state index contributed by atoms with van der Waals surface area (Å²) in [5, 5.41) is 6.10. The molecule has 1 aliphatic heterocycles. The Morgan fingerprint density at radius 3 is 2.73 bits per heavy atom. The van der Waals surface area contributed by atoms with Crippen molar-refractivity contribution >= 4 is 6.03 Å². The molecule has 4 heteroatoms. The van der Waals surface area contributed by atoms with E-state index in [0.29, 0.717) is 18.4 Å². The van der Waals surface area contributed by atoms with Crippen LogP contribution in [0.4, 0.5) is 4.79 Å². The predicted octanol–water partition coefficient (Wildman–Crippen LogP) is 3.25. The second-order valence-corrected chi connectivity index (χ2v) is 6.58. The molecule has 0 bridgehead atoms. The molecule has 2 N–H and O–H groups in total. The molecule has 1 saturated carbocycles. The number of hydrogen-bond donors (Lipinski definition) is 2. The van der Waals surface area contributed by atoms with E-state index in [4.69, 9.17) is 4.74 Å². The summed E-state index contributed by atoms with van der Waals surface area (Å²) >= 11 is 0. The van der Waals surface area contributed by atoms with Gasteiger partial charge in [-0.1, -0.05) is 36.8 Å². The lowest BCUT2D eigenvalue weighted by Crippen LogP contribution is -2.46. The van der Waals surface area contributed by atoms with E-state index in [0.717, 1.165) is 13.0 Å². The zero-order valence-electron chi connectivity index (χ0n) is 13.3. The van der Waals surface area contributed by atoms with E-state index in [2.05, 4.69) is 29.7 Å². The summed E-state index contributed by atoms with van der Waals surface area (Å²) in [6.45, 7) is 3.55. The van der Waals surface area contributed by atoms with Gasteiger partial charge in [-0.05, 0) is 37.7 Å². The Kier molecular flexibility index (Phi) is 4.98. The fourth-order valence-electron chi connectivity index (χ4n) is 3.39. The lowest BCUT2D eigenvalue weighted by Gasteiger charge is -2.32. The first-order valence-corrected chi connectivity index (χ1v) is 8.45. The Hall–Kier alpha value is -1.55. The van der Waals surface area contributed by atoms with Crippen molar-refractivity contribution in [2.24, 2.45) is 11.8 Å². The van der Waals surface area contributed by atoms with Crippen molar-refractivity contribution in [1.29, 1.82) is 0 Å². The van der Waals surface area contributed by atoms with Gasteiger partial charge < -0.3 is 15.4 Å². The Labute approximate surface area is 132 Å². The molecule has 1 aromatic carbocycles. The van der Waals surface area contributed by atoms with Gasteiger partial charge in [0.25, 0.3) is 0 Å². The monoisotopic (exact) mass is 302 g/mol. The fourth-order valence-corrected chi connectivity index (χ4v) is 3.39. The van der Waals surface area contributed by atoms with Gasteiger partial charge in [-0.3, -0.25) is 0 Å². The molecule has 1 aliphatic carbocycles. The molecule has 0 unspecified atom stereocenters. The summed E-state index contributed by atoms with van der Waals surface area (Å²) in [5.74, 6) is 1.02.